The van der Waals surface area contributed by atoms with Crippen LogP contribution in [0.15, 0.2) is 24.3 Å². The Hall–Kier alpha value is -0.580. The maximum atomic E-state index is 11.6. The number of carbonyl (C=O) groups excluding carboxylic acids is 2. The van der Waals surface area contributed by atoms with Gasteiger partial charge in [-0.05, 0) is 52.0 Å². The molecule has 5 heteroatoms. The molecule has 0 aliphatic rings. The average Bonchev–Trinajstić information content (AvgIpc) is 2.27. The second-order valence-electron chi connectivity index (χ2n) is 4.49. The van der Waals surface area contributed by atoms with Crippen LogP contribution in [0.25, 0.3) is 0 Å². The van der Waals surface area contributed by atoms with Crippen LogP contribution in [0.3, 0.4) is 0 Å². The Bertz CT molecular complexity index is 383. The third-order valence-corrected chi connectivity index (χ3v) is 2.04. The zero-order valence-electron chi connectivity index (χ0n) is 11.1. The van der Waals surface area contributed by atoms with Crippen LogP contribution >= 0.6 is 0 Å². The van der Waals surface area contributed by atoms with Crippen molar-refractivity contribution in [2.75, 3.05) is 0 Å². The Morgan fingerprint density at radius 1 is 0.789 bits per heavy atom. The summed E-state index contributed by atoms with van der Waals surface area (Å²) >= 11 is 0. The molecule has 0 aromatic heterocycles. The van der Waals surface area contributed by atoms with Crippen LogP contribution in [0.5, 0.6) is 0 Å². The van der Waals surface area contributed by atoms with Crippen molar-refractivity contribution in [2.45, 2.75) is 39.9 Å². The molecule has 0 amide bonds. The Morgan fingerprint density at radius 2 is 1.05 bits per heavy atom. The molecule has 0 heterocycles. The summed E-state index contributed by atoms with van der Waals surface area (Å²) in [6.07, 6.45) is -0.328. The van der Waals surface area contributed by atoms with Crippen LogP contribution in [0.4, 0.5) is 0 Å². The number of ether oxygens (including phenoxy) is 2. The summed E-state index contributed by atoms with van der Waals surface area (Å²) in [5.41, 5.74) is 0.842. The van der Waals surface area contributed by atoms with Gasteiger partial charge in [0, 0.05) is 0 Å². The van der Waals surface area contributed by atoms with Crippen molar-refractivity contribution in [1.82, 2.24) is 0 Å². The molecule has 0 bridgehead atoms. The minimum atomic E-state index is -0.395. The molecule has 0 aliphatic carbocycles. The summed E-state index contributed by atoms with van der Waals surface area (Å²) in [7, 11) is 0. The van der Waals surface area contributed by atoms with Gasteiger partial charge < -0.3 is 9.47 Å². The summed E-state index contributed by atoms with van der Waals surface area (Å²) in [4.78, 5) is 23.2. The zero-order chi connectivity index (χ0) is 13.7. The number of benzene rings is 1. The fourth-order valence-corrected chi connectivity index (χ4v) is 1.31. The molecule has 0 aliphatic heterocycles. The molecule has 0 fully saturated rings. The third-order valence-electron chi connectivity index (χ3n) is 2.04. The van der Waals surface area contributed by atoms with Crippen molar-refractivity contribution in [3.05, 3.63) is 35.4 Å². The van der Waals surface area contributed by atoms with Gasteiger partial charge in [-0.15, -0.1) is 0 Å². The topological polar surface area (TPSA) is 52.6 Å². The molecule has 0 unspecified atom stereocenters. The van der Waals surface area contributed by atoms with Gasteiger partial charge in [-0.3, -0.25) is 0 Å². The number of esters is 2. The average molecular weight is 292 g/mol. The monoisotopic (exact) mass is 292 g/mol. The molecule has 4 nitrogen and oxygen atoms in total. The van der Waals surface area contributed by atoms with Gasteiger partial charge in [0.2, 0.25) is 0 Å². The second kappa shape index (κ2) is 8.56. The van der Waals surface area contributed by atoms with Gasteiger partial charge in [0.25, 0.3) is 0 Å². The van der Waals surface area contributed by atoms with Crippen LogP contribution < -0.4 is 0 Å². The summed E-state index contributed by atoms with van der Waals surface area (Å²) in [6.45, 7) is 7.14. The van der Waals surface area contributed by atoms with E-state index in [2.05, 4.69) is 0 Å². The van der Waals surface area contributed by atoms with Crippen LogP contribution in [-0.4, -0.2) is 61.9 Å². The molecular weight excluding hydrogens is 272 g/mol. The number of carbonyl (C=O) groups is 2. The molecule has 19 heavy (non-hydrogen) atoms. The fourth-order valence-electron chi connectivity index (χ4n) is 1.31. The van der Waals surface area contributed by atoms with Crippen LogP contribution in [0.1, 0.15) is 48.4 Å². The molecule has 1 aromatic rings. The van der Waals surface area contributed by atoms with E-state index in [0.29, 0.717) is 11.1 Å². The Balaban J connectivity index is 0.00000324. The Kier molecular flexibility index (Phi) is 8.30. The second-order valence-corrected chi connectivity index (χ2v) is 4.49. The van der Waals surface area contributed by atoms with Gasteiger partial charge in [0.05, 0.1) is 23.3 Å². The van der Waals surface area contributed by atoms with Crippen molar-refractivity contribution in [3.8, 4) is 0 Å². The molecule has 1 aromatic carbocycles. The van der Waals surface area contributed by atoms with Crippen LogP contribution in [0, 0.1) is 0 Å². The molecular formula is C14H20CaO4. The molecule has 0 atom stereocenters. The Morgan fingerprint density at radius 3 is 1.26 bits per heavy atom. The minimum absolute atomic E-state index is 0. The van der Waals surface area contributed by atoms with Gasteiger partial charge in [0.1, 0.15) is 0 Å². The van der Waals surface area contributed by atoms with Crippen molar-refractivity contribution >= 4 is 49.7 Å². The molecule has 1 rings (SSSR count). The molecule has 0 saturated carbocycles. The van der Waals surface area contributed by atoms with Gasteiger partial charge in [-0.2, -0.15) is 0 Å². The summed E-state index contributed by atoms with van der Waals surface area (Å²) < 4.78 is 10.1. The third kappa shape index (κ3) is 6.41. The van der Waals surface area contributed by atoms with Crippen molar-refractivity contribution < 1.29 is 19.1 Å². The van der Waals surface area contributed by atoms with E-state index in [9.17, 15) is 9.59 Å². The van der Waals surface area contributed by atoms with E-state index in [4.69, 9.17) is 9.47 Å². The predicted octanol–water partition coefficient (Wildman–Crippen LogP) is 1.90. The standard InChI is InChI=1S/C14H18O4.Ca.2H/c1-9(2)17-13(15)11-5-7-12(8-6-11)14(16)18-10(3)4;;;/h5-10H,1-4H3;;;. The number of rotatable bonds is 4. The summed E-state index contributed by atoms with van der Waals surface area (Å²) in [5, 5.41) is 0. The molecule has 0 saturated heterocycles. The van der Waals surface area contributed by atoms with Gasteiger partial charge in [-0.1, -0.05) is 0 Å². The van der Waals surface area contributed by atoms with E-state index in [1.54, 1.807) is 52.0 Å². The van der Waals surface area contributed by atoms with E-state index in [1.165, 1.54) is 0 Å². The number of hydrogen-bond acceptors (Lipinski definition) is 4. The Labute approximate surface area is 143 Å². The predicted molar refractivity (Wildman–Crippen MR) is 76.1 cm³/mol. The first-order chi connectivity index (χ1) is 8.40. The zero-order valence-corrected chi connectivity index (χ0v) is 11.1. The quantitative estimate of drug-likeness (QED) is 0.628. The maximum absolute atomic E-state index is 11.6. The first-order valence-electron chi connectivity index (χ1n) is 5.92. The molecule has 0 N–H and O–H groups in total. The van der Waals surface area contributed by atoms with Crippen LogP contribution in [0.2, 0.25) is 0 Å². The molecule has 0 radical (unpaired) electrons. The van der Waals surface area contributed by atoms with E-state index >= 15 is 0 Å². The van der Waals surface area contributed by atoms with Crippen molar-refractivity contribution in [1.29, 1.82) is 0 Å². The number of hydrogen-bond donors (Lipinski definition) is 0. The fraction of sp³-hybridized carbons (Fsp3) is 0.429. The van der Waals surface area contributed by atoms with Crippen LogP contribution in [-0.2, 0) is 9.47 Å². The van der Waals surface area contributed by atoms with Crippen molar-refractivity contribution in [3.63, 3.8) is 0 Å². The van der Waals surface area contributed by atoms with E-state index in [-0.39, 0.29) is 49.9 Å². The van der Waals surface area contributed by atoms with Gasteiger partial charge >= 0.3 is 49.7 Å². The van der Waals surface area contributed by atoms with Gasteiger partial charge in [-0.25, -0.2) is 9.59 Å². The summed E-state index contributed by atoms with van der Waals surface area (Å²) in [5.74, 6) is -0.789. The van der Waals surface area contributed by atoms with E-state index in [1.807, 2.05) is 0 Å². The van der Waals surface area contributed by atoms with Crippen molar-refractivity contribution in [2.24, 2.45) is 0 Å². The summed E-state index contributed by atoms with van der Waals surface area (Å²) in [6, 6.07) is 6.23. The van der Waals surface area contributed by atoms with Gasteiger partial charge in [0.15, 0.2) is 0 Å². The SMILES string of the molecule is CC(C)OC(=O)c1ccc(C(=O)OC(C)C)cc1.[CaH2]. The first-order valence-corrected chi connectivity index (χ1v) is 5.92. The van der Waals surface area contributed by atoms with E-state index in [0.717, 1.165) is 0 Å². The molecule has 0 spiro atoms. The van der Waals surface area contributed by atoms with E-state index < -0.39 is 11.9 Å². The molecule has 102 valence electrons. The first kappa shape index (κ1) is 18.4. The normalized spacial score (nSPS) is 10.0.